The molecule has 2 aliphatic heterocycles. The van der Waals surface area contributed by atoms with E-state index in [9.17, 15) is 14.4 Å². The van der Waals surface area contributed by atoms with E-state index in [2.05, 4.69) is 10.6 Å². The number of carbonyl (C=O) groups excluding carboxylic acids is 3. The van der Waals surface area contributed by atoms with Crippen molar-refractivity contribution in [2.75, 3.05) is 22.5 Å². The summed E-state index contributed by atoms with van der Waals surface area (Å²) in [4.78, 5) is 37.2. The first-order valence-electron chi connectivity index (χ1n) is 8.36. The van der Waals surface area contributed by atoms with Crippen molar-refractivity contribution in [3.8, 4) is 0 Å². The lowest BCUT2D eigenvalue weighted by Crippen LogP contribution is -2.40. The molecular weight excluding hydrogens is 308 g/mol. The normalized spacial score (nSPS) is 22.1. The zero-order chi connectivity index (χ0) is 17.1. The number of nitrogens with one attached hydrogen (secondary N) is 2. The van der Waals surface area contributed by atoms with Crippen LogP contribution in [0.1, 0.15) is 38.5 Å². The standard InChI is InChI=1S/C17H22N4O3/c18-12-10-11(21-15(22)5-3-6-16(21)23)7-8-13(12)20-14-4-1-2-9-19-17(14)24/h7-8,10,14,20H,1-6,9,18H2,(H,19,24). The molecule has 0 radical (unpaired) electrons. The Morgan fingerprint density at radius 3 is 2.54 bits per heavy atom. The van der Waals surface area contributed by atoms with Crippen molar-refractivity contribution < 1.29 is 14.4 Å². The summed E-state index contributed by atoms with van der Waals surface area (Å²) in [5.41, 5.74) is 7.61. The summed E-state index contributed by atoms with van der Waals surface area (Å²) in [6.07, 6.45) is 4.01. The molecule has 1 aromatic rings. The number of benzene rings is 1. The monoisotopic (exact) mass is 330 g/mol. The van der Waals surface area contributed by atoms with Crippen LogP contribution in [0.5, 0.6) is 0 Å². The molecule has 4 N–H and O–H groups in total. The van der Waals surface area contributed by atoms with Crippen LogP contribution >= 0.6 is 0 Å². The fourth-order valence-electron chi connectivity index (χ4n) is 3.13. The van der Waals surface area contributed by atoms with Crippen molar-refractivity contribution >= 4 is 34.8 Å². The predicted molar refractivity (Wildman–Crippen MR) is 91.5 cm³/mol. The van der Waals surface area contributed by atoms with Gasteiger partial charge in [-0.1, -0.05) is 0 Å². The second-order valence-corrected chi connectivity index (χ2v) is 6.23. The van der Waals surface area contributed by atoms with Gasteiger partial charge in [0.2, 0.25) is 17.7 Å². The molecule has 0 saturated carbocycles. The van der Waals surface area contributed by atoms with Gasteiger partial charge in [-0.15, -0.1) is 0 Å². The number of anilines is 3. The van der Waals surface area contributed by atoms with E-state index in [-0.39, 0.29) is 23.8 Å². The SMILES string of the molecule is Nc1cc(N2C(=O)CCCC2=O)ccc1NC1CCCCNC1=O. The van der Waals surface area contributed by atoms with Gasteiger partial charge in [0.25, 0.3) is 0 Å². The maximum Gasteiger partial charge on any atom is 0.242 e. The molecule has 0 spiro atoms. The summed E-state index contributed by atoms with van der Waals surface area (Å²) in [7, 11) is 0. The molecule has 1 atom stereocenters. The van der Waals surface area contributed by atoms with Crippen molar-refractivity contribution in [1.82, 2.24) is 5.32 Å². The zero-order valence-electron chi connectivity index (χ0n) is 13.5. The molecule has 128 valence electrons. The van der Waals surface area contributed by atoms with E-state index in [1.807, 2.05) is 0 Å². The number of nitrogens with two attached hydrogens (primary N) is 1. The zero-order valence-corrected chi connectivity index (χ0v) is 13.5. The fourth-order valence-corrected chi connectivity index (χ4v) is 3.13. The number of piperidine rings is 1. The lowest BCUT2D eigenvalue weighted by molar-refractivity contribution is -0.129. The van der Waals surface area contributed by atoms with Gasteiger partial charge in [0.15, 0.2) is 0 Å². The van der Waals surface area contributed by atoms with Gasteiger partial charge >= 0.3 is 0 Å². The van der Waals surface area contributed by atoms with Crippen molar-refractivity contribution in [3.05, 3.63) is 18.2 Å². The van der Waals surface area contributed by atoms with Gasteiger partial charge in [-0.2, -0.15) is 0 Å². The third kappa shape index (κ3) is 3.34. The number of hydrogen-bond donors (Lipinski definition) is 3. The van der Waals surface area contributed by atoms with E-state index in [1.165, 1.54) is 4.90 Å². The average Bonchev–Trinajstić information content (AvgIpc) is 2.74. The first kappa shape index (κ1) is 16.3. The molecule has 0 aliphatic carbocycles. The fraction of sp³-hybridized carbons (Fsp3) is 0.471. The van der Waals surface area contributed by atoms with Crippen LogP contribution in [-0.2, 0) is 14.4 Å². The molecule has 2 aliphatic rings. The Balaban J connectivity index is 1.78. The lowest BCUT2D eigenvalue weighted by Gasteiger charge is -2.26. The Kier molecular flexibility index (Phi) is 4.69. The van der Waals surface area contributed by atoms with Crippen LogP contribution in [0.4, 0.5) is 17.1 Å². The van der Waals surface area contributed by atoms with Crippen molar-refractivity contribution in [2.45, 2.75) is 44.6 Å². The maximum atomic E-state index is 12.0. The van der Waals surface area contributed by atoms with Crippen molar-refractivity contribution in [3.63, 3.8) is 0 Å². The van der Waals surface area contributed by atoms with Crippen molar-refractivity contribution in [1.29, 1.82) is 0 Å². The number of imide groups is 1. The highest BCUT2D eigenvalue weighted by atomic mass is 16.2. The Labute approximate surface area is 140 Å². The lowest BCUT2D eigenvalue weighted by atomic mass is 10.1. The summed E-state index contributed by atoms with van der Waals surface area (Å²) in [6.45, 7) is 0.699. The second-order valence-electron chi connectivity index (χ2n) is 6.23. The number of carbonyl (C=O) groups is 3. The molecule has 0 aromatic heterocycles. The molecule has 24 heavy (non-hydrogen) atoms. The highest BCUT2D eigenvalue weighted by molar-refractivity contribution is 6.16. The second kappa shape index (κ2) is 6.90. The van der Waals surface area contributed by atoms with Gasteiger partial charge in [0.05, 0.1) is 17.1 Å². The summed E-state index contributed by atoms with van der Waals surface area (Å²) >= 11 is 0. The first-order chi connectivity index (χ1) is 11.6. The van der Waals surface area contributed by atoms with Crippen molar-refractivity contribution in [2.24, 2.45) is 0 Å². The van der Waals surface area contributed by atoms with E-state index < -0.39 is 0 Å². The van der Waals surface area contributed by atoms with Gasteiger partial charge in [0.1, 0.15) is 6.04 Å². The van der Waals surface area contributed by atoms with Crippen LogP contribution in [0.3, 0.4) is 0 Å². The average molecular weight is 330 g/mol. The first-order valence-corrected chi connectivity index (χ1v) is 8.36. The number of nitrogens with zero attached hydrogens (tertiary/aromatic N) is 1. The van der Waals surface area contributed by atoms with E-state index >= 15 is 0 Å². The summed E-state index contributed by atoms with van der Waals surface area (Å²) in [5.74, 6) is -0.429. The van der Waals surface area contributed by atoms with Crippen LogP contribution < -0.4 is 21.3 Å². The number of amides is 3. The molecule has 2 fully saturated rings. The molecular formula is C17H22N4O3. The molecule has 7 nitrogen and oxygen atoms in total. The van der Waals surface area contributed by atoms with Crippen LogP contribution in [-0.4, -0.2) is 30.3 Å². The molecule has 2 saturated heterocycles. The molecule has 1 unspecified atom stereocenters. The third-order valence-corrected chi connectivity index (χ3v) is 4.44. The van der Waals surface area contributed by atoms with Crippen LogP contribution in [0.25, 0.3) is 0 Å². The summed E-state index contributed by atoms with van der Waals surface area (Å²) < 4.78 is 0. The molecule has 2 heterocycles. The maximum absolute atomic E-state index is 12.0. The van der Waals surface area contributed by atoms with E-state index in [1.54, 1.807) is 18.2 Å². The largest absolute Gasteiger partial charge is 0.397 e. The molecule has 1 aromatic carbocycles. The van der Waals surface area contributed by atoms with Gasteiger partial charge in [-0.3, -0.25) is 19.3 Å². The Bertz CT molecular complexity index is 658. The minimum Gasteiger partial charge on any atom is -0.397 e. The van der Waals surface area contributed by atoms with Gasteiger partial charge in [-0.05, 0) is 43.9 Å². The highest BCUT2D eigenvalue weighted by Crippen LogP contribution is 2.29. The number of hydrogen-bond acceptors (Lipinski definition) is 5. The molecule has 3 amide bonds. The summed E-state index contributed by atoms with van der Waals surface area (Å²) in [6, 6.07) is 4.70. The quantitative estimate of drug-likeness (QED) is 0.574. The minimum absolute atomic E-state index is 0.0302. The van der Waals surface area contributed by atoms with Crippen LogP contribution in [0, 0.1) is 0 Å². The molecule has 0 bridgehead atoms. The smallest absolute Gasteiger partial charge is 0.242 e. The van der Waals surface area contributed by atoms with Crippen LogP contribution in [0.2, 0.25) is 0 Å². The van der Waals surface area contributed by atoms with E-state index in [0.717, 1.165) is 19.3 Å². The number of rotatable bonds is 3. The third-order valence-electron chi connectivity index (χ3n) is 4.44. The molecule has 3 rings (SSSR count). The Morgan fingerprint density at radius 2 is 1.83 bits per heavy atom. The summed E-state index contributed by atoms with van der Waals surface area (Å²) in [5, 5.41) is 6.04. The van der Waals surface area contributed by atoms with Gasteiger partial charge < -0.3 is 16.4 Å². The van der Waals surface area contributed by atoms with E-state index in [0.29, 0.717) is 42.9 Å². The topological polar surface area (TPSA) is 105 Å². The number of nitrogen functional groups attached to an aromatic ring is 1. The van der Waals surface area contributed by atoms with Crippen LogP contribution in [0.15, 0.2) is 18.2 Å². The predicted octanol–water partition coefficient (Wildman–Crippen LogP) is 1.39. The Morgan fingerprint density at radius 1 is 1.08 bits per heavy atom. The highest BCUT2D eigenvalue weighted by Gasteiger charge is 2.28. The van der Waals surface area contributed by atoms with E-state index in [4.69, 9.17) is 5.73 Å². The molecule has 7 heteroatoms. The Hall–Kier alpha value is -2.57. The van der Waals surface area contributed by atoms with Gasteiger partial charge in [-0.25, -0.2) is 0 Å². The minimum atomic E-state index is -0.320. The van der Waals surface area contributed by atoms with Gasteiger partial charge in [0, 0.05) is 19.4 Å².